The van der Waals surface area contributed by atoms with Crippen LogP contribution in [0.15, 0.2) is 42.0 Å². The van der Waals surface area contributed by atoms with E-state index in [0.29, 0.717) is 74.4 Å². The molecule has 0 spiro atoms. The number of aliphatic hydroxyl groups excluding tert-OH is 1. The van der Waals surface area contributed by atoms with Crippen molar-refractivity contribution in [1.29, 1.82) is 0 Å². The second kappa shape index (κ2) is 13.8. The van der Waals surface area contributed by atoms with Crippen LogP contribution in [0, 0.1) is 5.92 Å². The highest BCUT2D eigenvalue weighted by atomic mass is 16.5. The fourth-order valence-electron chi connectivity index (χ4n) is 5.96. The number of ether oxygens (including phenoxy) is 4. The summed E-state index contributed by atoms with van der Waals surface area (Å²) in [6.07, 6.45) is 2.35. The Hall–Kier alpha value is -3.56. The summed E-state index contributed by atoms with van der Waals surface area (Å²) in [5.41, 5.74) is 2.23. The molecule has 0 radical (unpaired) electrons. The van der Waals surface area contributed by atoms with E-state index in [2.05, 4.69) is 18.7 Å². The molecule has 2 aromatic rings. The third-order valence-corrected chi connectivity index (χ3v) is 8.22. The number of benzene rings is 2. The van der Waals surface area contributed by atoms with Crippen LogP contribution in [0.5, 0.6) is 17.2 Å². The number of fused-ring (bicyclic) bond motifs is 1. The molecule has 1 amide bonds. The number of aliphatic hydroxyl groups is 1. The highest BCUT2D eigenvalue weighted by Gasteiger charge is 2.46. The summed E-state index contributed by atoms with van der Waals surface area (Å²) >= 11 is 0. The van der Waals surface area contributed by atoms with Gasteiger partial charge in [0.2, 0.25) is 0 Å². The van der Waals surface area contributed by atoms with Crippen molar-refractivity contribution in [2.75, 3.05) is 52.6 Å². The lowest BCUT2D eigenvalue weighted by Gasteiger charge is -2.29. The SMILES string of the molecule is CCOc1cc([C@H]2/C(=C(\O)c3ccc4c(c3)C[C@H](C)O4)C(=O)C(=O)N2CCCN2CCOCC2)ccc1OCCC(C)C. The molecule has 2 atom stereocenters. The molecule has 2 saturated heterocycles. The zero-order valence-electron chi connectivity index (χ0n) is 25.8. The van der Waals surface area contributed by atoms with Crippen molar-refractivity contribution in [3.63, 3.8) is 0 Å². The first-order valence-electron chi connectivity index (χ1n) is 15.5. The van der Waals surface area contributed by atoms with Gasteiger partial charge in [-0.1, -0.05) is 19.9 Å². The second-order valence-corrected chi connectivity index (χ2v) is 11.9. The molecule has 3 heterocycles. The summed E-state index contributed by atoms with van der Waals surface area (Å²) < 4.78 is 23.3. The summed E-state index contributed by atoms with van der Waals surface area (Å²) in [5.74, 6) is 0.960. The van der Waals surface area contributed by atoms with Crippen molar-refractivity contribution in [2.45, 2.75) is 59.1 Å². The largest absolute Gasteiger partial charge is 0.507 e. The minimum Gasteiger partial charge on any atom is -0.507 e. The van der Waals surface area contributed by atoms with E-state index in [1.807, 2.05) is 44.2 Å². The Morgan fingerprint density at radius 1 is 1.05 bits per heavy atom. The van der Waals surface area contributed by atoms with Crippen LogP contribution < -0.4 is 14.2 Å². The molecule has 1 N–H and O–H groups in total. The van der Waals surface area contributed by atoms with Crippen LogP contribution in [0.1, 0.15) is 63.3 Å². The molecular weight excluding hydrogens is 548 g/mol. The average Bonchev–Trinajstić information content (AvgIpc) is 3.49. The van der Waals surface area contributed by atoms with E-state index in [0.717, 1.165) is 37.4 Å². The first kappa shape index (κ1) is 30.9. The smallest absolute Gasteiger partial charge is 0.295 e. The third-order valence-electron chi connectivity index (χ3n) is 8.22. The molecule has 232 valence electrons. The third kappa shape index (κ3) is 6.99. The van der Waals surface area contributed by atoms with Gasteiger partial charge in [0.1, 0.15) is 17.6 Å². The van der Waals surface area contributed by atoms with Gasteiger partial charge in [0.15, 0.2) is 11.5 Å². The van der Waals surface area contributed by atoms with Crippen molar-refractivity contribution < 1.29 is 33.6 Å². The van der Waals surface area contributed by atoms with E-state index in [1.54, 1.807) is 11.0 Å². The fraction of sp³-hybridized carbons (Fsp3) is 0.529. The number of amides is 1. The number of rotatable bonds is 12. The molecule has 9 nitrogen and oxygen atoms in total. The highest BCUT2D eigenvalue weighted by molar-refractivity contribution is 6.46. The van der Waals surface area contributed by atoms with Gasteiger partial charge < -0.3 is 29.0 Å². The normalized spacial score (nSPS) is 21.7. The Morgan fingerprint density at radius 2 is 1.84 bits per heavy atom. The summed E-state index contributed by atoms with van der Waals surface area (Å²) in [6.45, 7) is 13.4. The second-order valence-electron chi connectivity index (χ2n) is 11.9. The zero-order chi connectivity index (χ0) is 30.5. The van der Waals surface area contributed by atoms with Gasteiger partial charge in [0.05, 0.1) is 38.0 Å². The maximum Gasteiger partial charge on any atom is 0.295 e. The van der Waals surface area contributed by atoms with Crippen LogP contribution in [0.2, 0.25) is 0 Å². The molecule has 0 aliphatic carbocycles. The monoisotopic (exact) mass is 592 g/mol. The summed E-state index contributed by atoms with van der Waals surface area (Å²) in [4.78, 5) is 31.1. The zero-order valence-corrected chi connectivity index (χ0v) is 25.8. The molecule has 5 rings (SSSR count). The highest BCUT2D eigenvalue weighted by Crippen LogP contribution is 2.43. The topological polar surface area (TPSA) is 97.8 Å². The number of carbonyl (C=O) groups is 2. The van der Waals surface area contributed by atoms with Gasteiger partial charge in [-0.2, -0.15) is 0 Å². The molecule has 0 unspecified atom stereocenters. The molecule has 3 aliphatic rings. The predicted molar refractivity (Wildman–Crippen MR) is 164 cm³/mol. The molecule has 43 heavy (non-hydrogen) atoms. The van der Waals surface area contributed by atoms with Gasteiger partial charge in [0, 0.05) is 38.2 Å². The van der Waals surface area contributed by atoms with Gasteiger partial charge >= 0.3 is 0 Å². The van der Waals surface area contributed by atoms with Gasteiger partial charge in [-0.25, -0.2) is 0 Å². The van der Waals surface area contributed by atoms with E-state index in [1.165, 1.54) is 0 Å². The van der Waals surface area contributed by atoms with Crippen LogP contribution in [0.3, 0.4) is 0 Å². The quantitative estimate of drug-likeness (QED) is 0.210. The van der Waals surface area contributed by atoms with Crippen molar-refractivity contribution >= 4 is 17.4 Å². The molecule has 2 fully saturated rings. The summed E-state index contributed by atoms with van der Waals surface area (Å²) in [6, 6.07) is 10.2. The van der Waals surface area contributed by atoms with Crippen LogP contribution in [0.25, 0.3) is 5.76 Å². The minimum atomic E-state index is -0.767. The van der Waals surface area contributed by atoms with Crippen molar-refractivity contribution in [3.05, 3.63) is 58.7 Å². The lowest BCUT2D eigenvalue weighted by Crippen LogP contribution is -2.39. The van der Waals surface area contributed by atoms with Gasteiger partial charge in [-0.05, 0) is 74.1 Å². The number of nitrogens with zero attached hydrogens (tertiary/aromatic N) is 2. The van der Waals surface area contributed by atoms with E-state index in [4.69, 9.17) is 18.9 Å². The Morgan fingerprint density at radius 3 is 2.58 bits per heavy atom. The van der Waals surface area contributed by atoms with Gasteiger partial charge in [-0.3, -0.25) is 14.5 Å². The number of ketones is 1. The van der Waals surface area contributed by atoms with Crippen molar-refractivity contribution in [1.82, 2.24) is 9.80 Å². The molecule has 9 heteroatoms. The Balaban J connectivity index is 1.50. The average molecular weight is 593 g/mol. The fourth-order valence-corrected chi connectivity index (χ4v) is 5.96. The van der Waals surface area contributed by atoms with E-state index >= 15 is 0 Å². The lowest BCUT2D eigenvalue weighted by molar-refractivity contribution is -0.140. The number of hydrogen-bond acceptors (Lipinski definition) is 8. The lowest BCUT2D eigenvalue weighted by atomic mass is 9.94. The van der Waals surface area contributed by atoms with E-state index in [9.17, 15) is 14.7 Å². The van der Waals surface area contributed by atoms with Crippen LogP contribution in [-0.4, -0.2) is 85.3 Å². The number of Topliss-reactive ketones (excluding diaryl/α,β-unsaturated/α-hetero) is 1. The van der Waals surface area contributed by atoms with Gasteiger partial charge in [-0.15, -0.1) is 0 Å². The molecular formula is C34H44N2O7. The Labute approximate surface area is 254 Å². The van der Waals surface area contributed by atoms with Gasteiger partial charge in [0.25, 0.3) is 11.7 Å². The van der Waals surface area contributed by atoms with E-state index in [-0.39, 0.29) is 17.4 Å². The summed E-state index contributed by atoms with van der Waals surface area (Å²) in [5, 5.41) is 11.6. The Bertz CT molecular complexity index is 1350. The maximum atomic E-state index is 13.6. The first-order valence-corrected chi connectivity index (χ1v) is 15.5. The number of carbonyl (C=O) groups excluding carboxylic acids is 2. The summed E-state index contributed by atoms with van der Waals surface area (Å²) in [7, 11) is 0. The Kier molecular flexibility index (Phi) is 9.93. The van der Waals surface area contributed by atoms with Crippen molar-refractivity contribution in [2.24, 2.45) is 5.92 Å². The van der Waals surface area contributed by atoms with Crippen LogP contribution in [0.4, 0.5) is 0 Å². The first-order chi connectivity index (χ1) is 20.8. The van der Waals surface area contributed by atoms with E-state index < -0.39 is 17.7 Å². The minimum absolute atomic E-state index is 0.0442. The standard InChI is InChI=1S/C34H44N2O7/c1-5-41-29-21-24(7-10-28(29)42-16-11-22(2)3)31-30(32(37)25-8-9-27-26(20-25)19-23(4)43-27)33(38)34(39)36(31)13-6-12-35-14-17-40-18-15-35/h7-10,20-23,31,37H,5-6,11-19H2,1-4H3/b32-30+/t23-,31-/m0/s1. The number of likely N-dealkylation sites (tertiary alicyclic amines) is 1. The molecule has 2 aromatic carbocycles. The van der Waals surface area contributed by atoms with Crippen LogP contribution in [-0.2, 0) is 20.7 Å². The predicted octanol–water partition coefficient (Wildman–Crippen LogP) is 4.98. The molecule has 0 aromatic heterocycles. The molecule has 0 saturated carbocycles. The maximum absolute atomic E-state index is 13.6. The molecule has 3 aliphatic heterocycles. The number of hydrogen-bond donors (Lipinski definition) is 1. The van der Waals surface area contributed by atoms with Crippen LogP contribution >= 0.6 is 0 Å². The molecule has 0 bridgehead atoms. The van der Waals surface area contributed by atoms with Crippen molar-refractivity contribution in [3.8, 4) is 17.2 Å². The number of morpholine rings is 1.